The molecule has 0 aliphatic heterocycles. The number of rotatable bonds is 4. The van der Waals surface area contributed by atoms with E-state index in [9.17, 15) is 0 Å². The Hall–Kier alpha value is -1.39. The average Bonchev–Trinajstić information content (AvgIpc) is 2.53. The van der Waals surface area contributed by atoms with Crippen LogP contribution in [0.5, 0.6) is 5.88 Å². The number of hydrogen-bond acceptors (Lipinski definition) is 3. The second-order valence-electron chi connectivity index (χ2n) is 5.44. The Labute approximate surface area is 133 Å². The van der Waals surface area contributed by atoms with Crippen LogP contribution < -0.4 is 10.1 Å². The van der Waals surface area contributed by atoms with Gasteiger partial charge in [0.05, 0.1) is 7.11 Å². The largest absolute Gasteiger partial charge is 0.481 e. The number of benzene rings is 1. The van der Waals surface area contributed by atoms with Gasteiger partial charge in [0.1, 0.15) is 0 Å². The molecule has 0 radical (unpaired) electrons. The molecule has 0 amide bonds. The maximum Gasteiger partial charge on any atom is 0.212 e. The number of ether oxygens (including phenoxy) is 1. The zero-order valence-electron chi connectivity index (χ0n) is 12.1. The van der Waals surface area contributed by atoms with E-state index >= 15 is 0 Å². The molecule has 1 aromatic heterocycles. The summed E-state index contributed by atoms with van der Waals surface area (Å²) in [6, 6.07) is 11.1. The highest BCUT2D eigenvalue weighted by atomic mass is 79.9. The zero-order chi connectivity index (χ0) is 14.7. The van der Waals surface area contributed by atoms with E-state index in [1.807, 2.05) is 12.3 Å². The molecule has 110 valence electrons. The number of nitrogens with zero attached hydrogens (tertiary/aromatic N) is 1. The van der Waals surface area contributed by atoms with Crippen LogP contribution in [0.25, 0.3) is 0 Å². The third-order valence-electron chi connectivity index (χ3n) is 4.00. The van der Waals surface area contributed by atoms with Gasteiger partial charge >= 0.3 is 0 Å². The van der Waals surface area contributed by atoms with Crippen LogP contribution in [0.2, 0.25) is 0 Å². The predicted molar refractivity (Wildman–Crippen MR) is 87.6 cm³/mol. The SMILES string of the molecule is COc1ccc(CNC2CCc3cc(Br)ccc3C2)cn1. The van der Waals surface area contributed by atoms with Crippen molar-refractivity contribution in [1.29, 1.82) is 0 Å². The first-order valence-electron chi connectivity index (χ1n) is 7.24. The van der Waals surface area contributed by atoms with Crippen molar-refractivity contribution in [1.82, 2.24) is 10.3 Å². The van der Waals surface area contributed by atoms with Crippen LogP contribution in [0.4, 0.5) is 0 Å². The van der Waals surface area contributed by atoms with Crippen LogP contribution in [0.15, 0.2) is 41.0 Å². The molecule has 0 bridgehead atoms. The quantitative estimate of drug-likeness (QED) is 0.919. The normalized spacial score (nSPS) is 17.3. The minimum atomic E-state index is 0.542. The van der Waals surface area contributed by atoms with Gasteiger partial charge < -0.3 is 10.1 Å². The Morgan fingerprint density at radius 1 is 1.29 bits per heavy atom. The Morgan fingerprint density at radius 2 is 2.19 bits per heavy atom. The van der Waals surface area contributed by atoms with Crippen molar-refractivity contribution in [3.63, 3.8) is 0 Å². The van der Waals surface area contributed by atoms with Crippen LogP contribution in [0.3, 0.4) is 0 Å². The molecule has 1 aromatic carbocycles. The van der Waals surface area contributed by atoms with Gasteiger partial charge in [0.15, 0.2) is 0 Å². The summed E-state index contributed by atoms with van der Waals surface area (Å²) in [6.45, 7) is 0.855. The van der Waals surface area contributed by atoms with E-state index in [1.54, 1.807) is 7.11 Å². The van der Waals surface area contributed by atoms with Crippen LogP contribution in [-0.4, -0.2) is 18.1 Å². The van der Waals surface area contributed by atoms with Crippen LogP contribution in [0.1, 0.15) is 23.1 Å². The smallest absolute Gasteiger partial charge is 0.212 e. The molecule has 21 heavy (non-hydrogen) atoms. The van der Waals surface area contributed by atoms with E-state index in [0.29, 0.717) is 11.9 Å². The lowest BCUT2D eigenvalue weighted by molar-refractivity contribution is 0.397. The Balaban J connectivity index is 1.58. The fourth-order valence-electron chi connectivity index (χ4n) is 2.80. The number of aryl methyl sites for hydroxylation is 1. The Kier molecular flexibility index (Phi) is 4.56. The lowest BCUT2D eigenvalue weighted by Gasteiger charge is -2.25. The van der Waals surface area contributed by atoms with Crippen molar-refractivity contribution in [2.75, 3.05) is 7.11 Å². The van der Waals surface area contributed by atoms with E-state index in [-0.39, 0.29) is 0 Å². The topological polar surface area (TPSA) is 34.1 Å². The summed E-state index contributed by atoms with van der Waals surface area (Å²) in [6.07, 6.45) is 5.31. The lowest BCUT2D eigenvalue weighted by Crippen LogP contribution is -2.34. The van der Waals surface area contributed by atoms with Gasteiger partial charge in [-0.25, -0.2) is 4.98 Å². The number of methoxy groups -OCH3 is 1. The second kappa shape index (κ2) is 6.58. The molecule has 0 fully saturated rings. The van der Waals surface area contributed by atoms with Crippen LogP contribution in [-0.2, 0) is 19.4 Å². The lowest BCUT2D eigenvalue weighted by atomic mass is 9.88. The highest BCUT2D eigenvalue weighted by molar-refractivity contribution is 9.10. The van der Waals surface area contributed by atoms with E-state index in [4.69, 9.17) is 4.74 Å². The summed E-state index contributed by atoms with van der Waals surface area (Å²) in [7, 11) is 1.64. The van der Waals surface area contributed by atoms with Crippen LogP contribution >= 0.6 is 15.9 Å². The fourth-order valence-corrected chi connectivity index (χ4v) is 3.20. The van der Waals surface area contributed by atoms with Gasteiger partial charge in [-0.05, 0) is 48.1 Å². The second-order valence-corrected chi connectivity index (χ2v) is 6.36. The summed E-state index contributed by atoms with van der Waals surface area (Å²) >= 11 is 3.55. The summed E-state index contributed by atoms with van der Waals surface area (Å²) in [5, 5.41) is 3.64. The minimum absolute atomic E-state index is 0.542. The molecule has 1 N–H and O–H groups in total. The van der Waals surface area contributed by atoms with Gasteiger partial charge in [-0.1, -0.05) is 28.1 Å². The van der Waals surface area contributed by atoms with Gasteiger partial charge in [0, 0.05) is 29.3 Å². The Morgan fingerprint density at radius 3 is 2.95 bits per heavy atom. The highest BCUT2D eigenvalue weighted by Gasteiger charge is 2.18. The van der Waals surface area contributed by atoms with Gasteiger partial charge in [-0.3, -0.25) is 0 Å². The molecule has 0 spiro atoms. The predicted octanol–water partition coefficient (Wildman–Crippen LogP) is 3.50. The molecule has 3 nitrogen and oxygen atoms in total. The molecule has 1 aliphatic rings. The number of aromatic nitrogens is 1. The average molecular weight is 347 g/mol. The standard InChI is InChI=1S/C17H19BrN2O/c1-21-17-7-2-12(11-20-17)10-19-16-6-4-13-8-15(18)5-3-14(13)9-16/h2-3,5,7-8,11,16,19H,4,6,9-10H2,1H3. The van der Waals surface area contributed by atoms with Crippen molar-refractivity contribution in [2.45, 2.75) is 31.8 Å². The molecule has 1 heterocycles. The molecule has 1 aliphatic carbocycles. The van der Waals surface area contributed by atoms with Crippen molar-refractivity contribution in [3.05, 3.63) is 57.7 Å². The molecule has 2 aromatic rings. The number of fused-ring (bicyclic) bond motifs is 1. The van der Waals surface area contributed by atoms with Gasteiger partial charge in [0.2, 0.25) is 5.88 Å². The minimum Gasteiger partial charge on any atom is -0.481 e. The molecule has 1 atom stereocenters. The molecule has 0 saturated heterocycles. The number of hydrogen-bond donors (Lipinski definition) is 1. The summed E-state index contributed by atoms with van der Waals surface area (Å²) in [5.41, 5.74) is 4.14. The Bertz CT molecular complexity index is 613. The van der Waals surface area contributed by atoms with E-state index in [0.717, 1.165) is 19.4 Å². The first kappa shape index (κ1) is 14.5. The van der Waals surface area contributed by atoms with Gasteiger partial charge in [-0.15, -0.1) is 0 Å². The number of halogens is 1. The number of nitrogens with one attached hydrogen (secondary N) is 1. The van der Waals surface area contributed by atoms with Crippen molar-refractivity contribution in [3.8, 4) is 5.88 Å². The monoisotopic (exact) mass is 346 g/mol. The molecular weight excluding hydrogens is 328 g/mol. The molecular formula is C17H19BrN2O. The maximum atomic E-state index is 5.08. The molecule has 1 unspecified atom stereocenters. The van der Waals surface area contributed by atoms with E-state index < -0.39 is 0 Å². The van der Waals surface area contributed by atoms with Gasteiger partial charge in [0.25, 0.3) is 0 Å². The van der Waals surface area contributed by atoms with E-state index in [1.165, 1.54) is 27.6 Å². The summed E-state index contributed by atoms with van der Waals surface area (Å²) < 4.78 is 6.25. The first-order chi connectivity index (χ1) is 10.2. The van der Waals surface area contributed by atoms with Crippen molar-refractivity contribution in [2.24, 2.45) is 0 Å². The molecule has 3 rings (SSSR count). The van der Waals surface area contributed by atoms with Crippen molar-refractivity contribution >= 4 is 15.9 Å². The maximum absolute atomic E-state index is 5.08. The third kappa shape index (κ3) is 3.63. The van der Waals surface area contributed by atoms with Crippen molar-refractivity contribution < 1.29 is 4.74 Å². The fraction of sp³-hybridized carbons (Fsp3) is 0.353. The molecule has 4 heteroatoms. The number of pyridine rings is 1. The summed E-state index contributed by atoms with van der Waals surface area (Å²) in [4.78, 5) is 4.24. The third-order valence-corrected chi connectivity index (χ3v) is 4.49. The molecule has 0 saturated carbocycles. The summed E-state index contributed by atoms with van der Waals surface area (Å²) in [5.74, 6) is 0.663. The zero-order valence-corrected chi connectivity index (χ0v) is 13.7. The highest BCUT2D eigenvalue weighted by Crippen LogP contribution is 2.25. The van der Waals surface area contributed by atoms with Crippen LogP contribution in [0, 0.1) is 0 Å². The first-order valence-corrected chi connectivity index (χ1v) is 8.03. The van der Waals surface area contributed by atoms with E-state index in [2.05, 4.69) is 50.5 Å². The van der Waals surface area contributed by atoms with Gasteiger partial charge in [-0.2, -0.15) is 0 Å².